The van der Waals surface area contributed by atoms with Gasteiger partial charge in [0.25, 0.3) is 15.6 Å². The molecule has 0 bridgehead atoms. The lowest BCUT2D eigenvalue weighted by Gasteiger charge is -2.09. The number of rotatable bonds is 5. The minimum absolute atomic E-state index is 0.0876. The number of esters is 1. The highest BCUT2D eigenvalue weighted by Crippen LogP contribution is 2.22. The first-order valence-electron chi connectivity index (χ1n) is 9.04. The zero-order chi connectivity index (χ0) is 21.5. The van der Waals surface area contributed by atoms with E-state index in [9.17, 15) is 18.0 Å². The molecule has 1 aliphatic heterocycles. The van der Waals surface area contributed by atoms with Crippen LogP contribution in [-0.4, -0.2) is 40.9 Å². The summed E-state index contributed by atoms with van der Waals surface area (Å²) in [5, 5.41) is 4.94. The van der Waals surface area contributed by atoms with Gasteiger partial charge in [0.15, 0.2) is 0 Å². The quantitative estimate of drug-likeness (QED) is 0.574. The fourth-order valence-electron chi connectivity index (χ4n) is 2.85. The van der Waals surface area contributed by atoms with Crippen LogP contribution < -0.4 is 10.3 Å². The van der Waals surface area contributed by atoms with E-state index < -0.39 is 22.0 Å². The average Bonchev–Trinajstić information content (AvgIpc) is 3.25. The number of aromatic nitrogens is 3. The van der Waals surface area contributed by atoms with E-state index in [2.05, 4.69) is 19.8 Å². The first kappa shape index (κ1) is 20.2. The lowest BCUT2D eigenvalue weighted by Crippen LogP contribution is -2.27. The minimum atomic E-state index is -3.69. The predicted octanol–water partition coefficient (Wildman–Crippen LogP) is 0.884. The highest BCUT2D eigenvalue weighted by atomic mass is 32.2. The topological polar surface area (TPSA) is 132 Å². The van der Waals surface area contributed by atoms with Crippen LogP contribution >= 0.6 is 11.3 Å². The van der Waals surface area contributed by atoms with Crippen LogP contribution in [0.2, 0.25) is 0 Å². The number of nitrogens with one attached hydrogen (secondary N) is 1. The lowest BCUT2D eigenvalue weighted by molar-refractivity contribution is -0.146. The first-order valence-corrected chi connectivity index (χ1v) is 11.3. The summed E-state index contributed by atoms with van der Waals surface area (Å²) in [7, 11) is -3.69. The van der Waals surface area contributed by atoms with Crippen LogP contribution in [0.3, 0.4) is 0 Å². The number of carbonyl (C=O) groups is 1. The van der Waals surface area contributed by atoms with E-state index in [0.717, 1.165) is 5.01 Å². The van der Waals surface area contributed by atoms with E-state index in [0.29, 0.717) is 22.6 Å². The number of benzene rings is 1. The predicted molar refractivity (Wildman–Crippen MR) is 109 cm³/mol. The number of sulfonamides is 1. The van der Waals surface area contributed by atoms with Crippen molar-refractivity contribution in [3.8, 4) is 0 Å². The molecule has 156 valence electrons. The fourth-order valence-corrected chi connectivity index (χ4v) is 4.95. The third-order valence-electron chi connectivity index (χ3n) is 4.33. The van der Waals surface area contributed by atoms with Gasteiger partial charge in [0, 0.05) is 11.6 Å². The minimum Gasteiger partial charge on any atom is -0.458 e. The van der Waals surface area contributed by atoms with Gasteiger partial charge in [-0.3, -0.25) is 14.5 Å². The number of nitrogens with zero attached hydrogens (tertiary/aromatic N) is 4. The van der Waals surface area contributed by atoms with E-state index in [-0.39, 0.29) is 22.9 Å². The number of fused-ring (bicyclic) bond motifs is 2. The fraction of sp³-hybridized carbons (Fsp3) is 0.278. The van der Waals surface area contributed by atoms with Crippen molar-refractivity contribution in [1.82, 2.24) is 19.3 Å². The van der Waals surface area contributed by atoms with Gasteiger partial charge in [-0.1, -0.05) is 30.4 Å². The Balaban J connectivity index is 1.49. The Hall–Kier alpha value is -3.12. The molecule has 0 aliphatic carbocycles. The SMILES string of the molecule is CCc1nn2c(=O)cc(COC(=O)[C@H](C)N=C3NS(=O)(=O)c4ccccc43)nc2s1. The molecule has 1 atom stereocenters. The van der Waals surface area contributed by atoms with Gasteiger partial charge in [0.2, 0.25) is 4.96 Å². The van der Waals surface area contributed by atoms with E-state index >= 15 is 0 Å². The summed E-state index contributed by atoms with van der Waals surface area (Å²) in [6.07, 6.45) is 0.683. The van der Waals surface area contributed by atoms with Crippen molar-refractivity contribution in [3.05, 3.63) is 57.0 Å². The van der Waals surface area contributed by atoms with Crippen LogP contribution in [-0.2, 0) is 32.6 Å². The number of aliphatic imine (C=N–C) groups is 1. The molecule has 1 aliphatic rings. The number of amidine groups is 1. The van der Waals surface area contributed by atoms with Crippen LogP contribution in [0.25, 0.3) is 4.96 Å². The summed E-state index contributed by atoms with van der Waals surface area (Å²) in [5.74, 6) is -0.587. The molecule has 3 heterocycles. The van der Waals surface area contributed by atoms with Crippen molar-refractivity contribution in [1.29, 1.82) is 0 Å². The van der Waals surface area contributed by atoms with Gasteiger partial charge in [-0.25, -0.2) is 18.2 Å². The number of hydrogen-bond acceptors (Lipinski definition) is 9. The maximum Gasteiger partial charge on any atom is 0.331 e. The second-order valence-corrected chi connectivity index (χ2v) is 9.18. The van der Waals surface area contributed by atoms with E-state index in [1.54, 1.807) is 18.2 Å². The Labute approximate surface area is 175 Å². The van der Waals surface area contributed by atoms with Gasteiger partial charge in [-0.2, -0.15) is 9.61 Å². The summed E-state index contributed by atoms with van der Waals surface area (Å²) in [6.45, 7) is 3.21. The van der Waals surface area contributed by atoms with Crippen molar-refractivity contribution in [3.63, 3.8) is 0 Å². The van der Waals surface area contributed by atoms with Crippen LogP contribution in [0.4, 0.5) is 0 Å². The Morgan fingerprint density at radius 1 is 1.37 bits per heavy atom. The summed E-state index contributed by atoms with van der Waals surface area (Å²) in [6, 6.07) is 6.66. The summed E-state index contributed by atoms with van der Waals surface area (Å²) in [4.78, 5) is 33.5. The maximum atomic E-state index is 12.3. The van der Waals surface area contributed by atoms with E-state index in [1.165, 1.54) is 34.9 Å². The first-order chi connectivity index (χ1) is 14.3. The molecule has 0 radical (unpaired) electrons. The Morgan fingerprint density at radius 3 is 2.90 bits per heavy atom. The van der Waals surface area contributed by atoms with Crippen LogP contribution in [0.5, 0.6) is 0 Å². The van der Waals surface area contributed by atoms with E-state index in [4.69, 9.17) is 4.74 Å². The van der Waals surface area contributed by atoms with Gasteiger partial charge in [-0.05, 0) is 25.5 Å². The normalized spacial score (nSPS) is 16.9. The van der Waals surface area contributed by atoms with Crippen LogP contribution in [0.1, 0.15) is 30.1 Å². The molecular formula is C18H17N5O5S2. The average molecular weight is 447 g/mol. The largest absolute Gasteiger partial charge is 0.458 e. The van der Waals surface area contributed by atoms with Crippen LogP contribution in [0, 0.1) is 0 Å². The molecule has 2 aromatic heterocycles. The lowest BCUT2D eigenvalue weighted by atomic mass is 10.2. The summed E-state index contributed by atoms with van der Waals surface area (Å²) < 4.78 is 33.1. The monoisotopic (exact) mass is 447 g/mol. The van der Waals surface area contributed by atoms with Crippen molar-refractivity contribution >= 4 is 38.1 Å². The number of carbonyl (C=O) groups excluding carboxylic acids is 1. The molecule has 1 aromatic carbocycles. The van der Waals surface area contributed by atoms with Gasteiger partial charge < -0.3 is 4.74 Å². The molecule has 30 heavy (non-hydrogen) atoms. The Bertz CT molecular complexity index is 1340. The molecule has 12 heteroatoms. The molecule has 1 N–H and O–H groups in total. The standard InChI is InChI=1S/C18H17N5O5S2/c1-3-14-21-23-15(24)8-11(20-18(23)29-14)9-28-17(25)10(2)19-16-12-6-4-5-7-13(12)30(26,27)22-16/h4-8,10H,3,9H2,1-2H3,(H,19,22)/t10-/m0/s1. The second-order valence-electron chi connectivity index (χ2n) is 6.49. The molecule has 10 nitrogen and oxygen atoms in total. The molecule has 0 spiro atoms. The number of ether oxygens (including phenoxy) is 1. The number of hydrogen-bond donors (Lipinski definition) is 1. The zero-order valence-corrected chi connectivity index (χ0v) is 17.7. The van der Waals surface area contributed by atoms with Gasteiger partial charge >= 0.3 is 5.97 Å². The third kappa shape index (κ3) is 3.71. The third-order valence-corrected chi connectivity index (χ3v) is 6.78. The van der Waals surface area contributed by atoms with Crippen molar-refractivity contribution in [2.75, 3.05) is 0 Å². The Morgan fingerprint density at radius 2 is 2.13 bits per heavy atom. The molecule has 0 saturated heterocycles. The van der Waals surface area contributed by atoms with Gasteiger partial charge in [-0.15, -0.1) is 0 Å². The molecule has 0 unspecified atom stereocenters. The highest BCUT2D eigenvalue weighted by Gasteiger charge is 2.31. The highest BCUT2D eigenvalue weighted by molar-refractivity contribution is 7.90. The molecular weight excluding hydrogens is 430 g/mol. The smallest absolute Gasteiger partial charge is 0.331 e. The van der Waals surface area contributed by atoms with E-state index in [1.807, 2.05) is 6.92 Å². The van der Waals surface area contributed by atoms with Gasteiger partial charge in [0.1, 0.15) is 23.5 Å². The molecule has 0 amide bonds. The molecule has 3 aromatic rings. The number of aryl methyl sites for hydroxylation is 1. The van der Waals surface area contributed by atoms with Crippen molar-refractivity contribution < 1.29 is 17.9 Å². The molecule has 0 saturated carbocycles. The molecule has 4 rings (SSSR count). The zero-order valence-electron chi connectivity index (χ0n) is 16.0. The second kappa shape index (κ2) is 7.61. The maximum absolute atomic E-state index is 12.3. The van der Waals surface area contributed by atoms with Crippen LogP contribution in [0.15, 0.2) is 45.0 Å². The van der Waals surface area contributed by atoms with Gasteiger partial charge in [0.05, 0.1) is 10.6 Å². The summed E-state index contributed by atoms with van der Waals surface area (Å²) in [5.41, 5.74) is 0.341. The van der Waals surface area contributed by atoms with Crippen molar-refractivity contribution in [2.45, 2.75) is 37.8 Å². The summed E-state index contributed by atoms with van der Waals surface area (Å²) >= 11 is 1.29. The Kier molecular flexibility index (Phi) is 5.12. The van der Waals surface area contributed by atoms with Crippen molar-refractivity contribution in [2.24, 2.45) is 4.99 Å². The molecule has 0 fully saturated rings.